The van der Waals surface area contributed by atoms with Crippen LogP contribution in [0.1, 0.15) is 11.4 Å². The molecule has 0 atom stereocenters. The molecule has 6 heteroatoms. The van der Waals surface area contributed by atoms with Gasteiger partial charge in [0.2, 0.25) is 5.91 Å². The summed E-state index contributed by atoms with van der Waals surface area (Å²) >= 11 is 1.60. The van der Waals surface area contributed by atoms with Crippen molar-refractivity contribution < 1.29 is 4.79 Å². The van der Waals surface area contributed by atoms with Gasteiger partial charge in [-0.2, -0.15) is 11.3 Å². The lowest BCUT2D eigenvalue weighted by Crippen LogP contribution is -2.21. The van der Waals surface area contributed by atoms with Crippen molar-refractivity contribution in [2.75, 3.05) is 0 Å². The van der Waals surface area contributed by atoms with Gasteiger partial charge in [0.05, 0.1) is 6.54 Å². The van der Waals surface area contributed by atoms with Gasteiger partial charge in [-0.15, -0.1) is 10.2 Å². The van der Waals surface area contributed by atoms with Gasteiger partial charge in [-0.1, -0.05) is 6.07 Å². The summed E-state index contributed by atoms with van der Waals surface area (Å²) in [5.41, 5.74) is 1.80. The zero-order chi connectivity index (χ0) is 13.8. The lowest BCUT2D eigenvalue weighted by Gasteiger charge is -2.00. The Bertz CT molecular complexity index is 745. The predicted octanol–water partition coefficient (Wildman–Crippen LogP) is 2.12. The lowest BCUT2D eigenvalue weighted by molar-refractivity contribution is -0.116. The summed E-state index contributed by atoms with van der Waals surface area (Å²) in [6.07, 6.45) is 5.18. The molecule has 0 radical (unpaired) electrons. The van der Waals surface area contributed by atoms with E-state index >= 15 is 0 Å². The molecule has 0 aliphatic rings. The third-order valence-electron chi connectivity index (χ3n) is 2.78. The molecule has 0 saturated heterocycles. The minimum atomic E-state index is -0.149. The minimum Gasteiger partial charge on any atom is -0.345 e. The Hall–Kier alpha value is -2.47. The summed E-state index contributed by atoms with van der Waals surface area (Å²) in [5, 5.41) is 14.8. The largest absolute Gasteiger partial charge is 0.345 e. The van der Waals surface area contributed by atoms with Crippen molar-refractivity contribution in [3.05, 3.63) is 58.7 Å². The van der Waals surface area contributed by atoms with Gasteiger partial charge >= 0.3 is 0 Å². The van der Waals surface area contributed by atoms with Gasteiger partial charge in [0.25, 0.3) is 0 Å². The maximum Gasteiger partial charge on any atom is 0.244 e. The highest BCUT2D eigenvalue weighted by Gasteiger charge is 2.04. The van der Waals surface area contributed by atoms with Gasteiger partial charge in [0.1, 0.15) is 0 Å². The number of hydrogen-bond donors (Lipinski definition) is 1. The summed E-state index contributed by atoms with van der Waals surface area (Å²) in [6, 6.07) is 7.63. The van der Waals surface area contributed by atoms with E-state index in [9.17, 15) is 4.79 Å². The zero-order valence-electron chi connectivity index (χ0n) is 10.6. The second-order valence-corrected chi connectivity index (χ2v) is 4.93. The number of hydrogen-bond acceptors (Lipinski definition) is 4. The van der Waals surface area contributed by atoms with Gasteiger partial charge in [-0.3, -0.25) is 9.20 Å². The van der Waals surface area contributed by atoms with Gasteiger partial charge in [0, 0.05) is 12.3 Å². The average Bonchev–Trinajstić information content (AvgIpc) is 3.12. The van der Waals surface area contributed by atoms with Crippen molar-refractivity contribution >= 4 is 29.0 Å². The average molecular weight is 284 g/mol. The van der Waals surface area contributed by atoms with Crippen LogP contribution in [0.3, 0.4) is 0 Å². The monoisotopic (exact) mass is 284 g/mol. The van der Waals surface area contributed by atoms with Crippen LogP contribution in [0.25, 0.3) is 11.7 Å². The Labute approximate surface area is 119 Å². The number of aromatic nitrogens is 3. The number of carbonyl (C=O) groups is 1. The zero-order valence-corrected chi connectivity index (χ0v) is 11.4. The maximum atomic E-state index is 11.7. The molecule has 3 rings (SSSR count). The number of amides is 1. The van der Waals surface area contributed by atoms with E-state index in [1.54, 1.807) is 17.4 Å². The molecule has 1 N–H and O–H groups in total. The fourth-order valence-electron chi connectivity index (χ4n) is 1.78. The van der Waals surface area contributed by atoms with E-state index in [0.717, 1.165) is 11.2 Å². The van der Waals surface area contributed by atoms with Crippen LogP contribution in [0.5, 0.6) is 0 Å². The number of fused-ring (bicyclic) bond motifs is 1. The fraction of sp³-hybridized carbons (Fsp3) is 0.0714. The third kappa shape index (κ3) is 2.75. The molecule has 3 aromatic rings. The molecule has 0 aromatic carbocycles. The van der Waals surface area contributed by atoms with Crippen LogP contribution in [-0.2, 0) is 11.3 Å². The third-order valence-corrected chi connectivity index (χ3v) is 3.48. The molecule has 1 amide bonds. The maximum absolute atomic E-state index is 11.7. The van der Waals surface area contributed by atoms with Crippen LogP contribution in [0.2, 0.25) is 0 Å². The normalized spacial score (nSPS) is 11.2. The van der Waals surface area contributed by atoms with Crippen molar-refractivity contribution in [1.82, 2.24) is 19.9 Å². The number of thiophene rings is 1. The summed E-state index contributed by atoms with van der Waals surface area (Å²) < 4.78 is 1.85. The van der Waals surface area contributed by atoms with E-state index in [2.05, 4.69) is 15.5 Å². The highest BCUT2D eigenvalue weighted by molar-refractivity contribution is 7.08. The first-order valence-corrected chi connectivity index (χ1v) is 7.04. The summed E-state index contributed by atoms with van der Waals surface area (Å²) in [7, 11) is 0. The quantitative estimate of drug-likeness (QED) is 0.747. The van der Waals surface area contributed by atoms with Gasteiger partial charge in [-0.25, -0.2) is 0 Å². The lowest BCUT2D eigenvalue weighted by atomic mass is 10.3. The van der Waals surface area contributed by atoms with E-state index < -0.39 is 0 Å². The molecule has 100 valence electrons. The first kappa shape index (κ1) is 12.6. The summed E-state index contributed by atoms with van der Waals surface area (Å²) in [4.78, 5) is 11.7. The second kappa shape index (κ2) is 5.66. The van der Waals surface area contributed by atoms with Crippen LogP contribution in [0.15, 0.2) is 47.3 Å². The van der Waals surface area contributed by atoms with Gasteiger partial charge in [-0.05, 0) is 40.6 Å². The van der Waals surface area contributed by atoms with Gasteiger partial charge < -0.3 is 5.32 Å². The SMILES string of the molecule is O=C(C=Cc1ccsc1)NCc1nnc2ccccn12. The molecule has 0 aliphatic heterocycles. The molecule has 5 nitrogen and oxygen atoms in total. The van der Waals surface area contributed by atoms with E-state index in [0.29, 0.717) is 12.4 Å². The van der Waals surface area contributed by atoms with Crippen LogP contribution in [-0.4, -0.2) is 20.5 Å². The molecular formula is C14H12N4OS. The molecule has 0 aliphatic carbocycles. The van der Waals surface area contributed by atoms with E-state index in [4.69, 9.17) is 0 Å². The first-order valence-electron chi connectivity index (χ1n) is 6.10. The molecule has 20 heavy (non-hydrogen) atoms. The van der Waals surface area contributed by atoms with Crippen molar-refractivity contribution in [2.24, 2.45) is 0 Å². The Morgan fingerprint density at radius 2 is 2.30 bits per heavy atom. The standard InChI is InChI=1S/C14H12N4OS/c19-14(5-4-11-6-8-20-10-11)15-9-13-17-16-12-3-1-2-7-18(12)13/h1-8,10H,9H2,(H,15,19). The van der Waals surface area contributed by atoms with E-state index in [1.807, 2.05) is 45.6 Å². The Morgan fingerprint density at radius 3 is 3.15 bits per heavy atom. The van der Waals surface area contributed by atoms with E-state index in [-0.39, 0.29) is 5.91 Å². The Balaban J connectivity index is 1.63. The van der Waals surface area contributed by atoms with Crippen molar-refractivity contribution in [3.8, 4) is 0 Å². The molecule has 0 spiro atoms. The first-order chi connectivity index (χ1) is 9.83. The summed E-state index contributed by atoms with van der Waals surface area (Å²) in [6.45, 7) is 0.345. The van der Waals surface area contributed by atoms with Crippen LogP contribution in [0.4, 0.5) is 0 Å². The molecular weight excluding hydrogens is 272 g/mol. The minimum absolute atomic E-state index is 0.149. The topological polar surface area (TPSA) is 59.3 Å². The second-order valence-electron chi connectivity index (χ2n) is 4.15. The molecule has 3 heterocycles. The van der Waals surface area contributed by atoms with Crippen LogP contribution in [0, 0.1) is 0 Å². The number of nitrogens with one attached hydrogen (secondary N) is 1. The fourth-order valence-corrected chi connectivity index (χ4v) is 2.41. The number of carbonyl (C=O) groups excluding carboxylic acids is 1. The molecule has 0 unspecified atom stereocenters. The molecule has 0 fully saturated rings. The molecule has 0 saturated carbocycles. The number of pyridine rings is 1. The van der Waals surface area contributed by atoms with Crippen molar-refractivity contribution in [3.63, 3.8) is 0 Å². The van der Waals surface area contributed by atoms with E-state index in [1.165, 1.54) is 6.08 Å². The van der Waals surface area contributed by atoms with Crippen molar-refractivity contribution in [2.45, 2.75) is 6.54 Å². The van der Waals surface area contributed by atoms with Gasteiger partial charge in [0.15, 0.2) is 11.5 Å². The highest BCUT2D eigenvalue weighted by atomic mass is 32.1. The smallest absolute Gasteiger partial charge is 0.244 e. The molecule has 0 bridgehead atoms. The highest BCUT2D eigenvalue weighted by Crippen LogP contribution is 2.07. The predicted molar refractivity (Wildman–Crippen MR) is 78.2 cm³/mol. The molecule has 3 aromatic heterocycles. The Morgan fingerprint density at radius 1 is 1.35 bits per heavy atom. The van der Waals surface area contributed by atoms with Crippen LogP contribution < -0.4 is 5.32 Å². The van der Waals surface area contributed by atoms with Crippen LogP contribution >= 0.6 is 11.3 Å². The number of rotatable bonds is 4. The van der Waals surface area contributed by atoms with Crippen molar-refractivity contribution in [1.29, 1.82) is 0 Å². The summed E-state index contributed by atoms with van der Waals surface area (Å²) in [5.74, 6) is 0.557. The number of nitrogens with zero attached hydrogens (tertiary/aromatic N) is 3. The Kier molecular flexibility index (Phi) is 3.56.